The lowest BCUT2D eigenvalue weighted by atomic mass is 10.3. The Morgan fingerprint density at radius 1 is 1.38 bits per heavy atom. The average Bonchev–Trinajstić information content (AvgIpc) is 2.26. The lowest BCUT2D eigenvalue weighted by Crippen LogP contribution is -2.55. The van der Waals surface area contributed by atoms with Gasteiger partial charge in [0.2, 0.25) is 5.91 Å². The van der Waals surface area contributed by atoms with E-state index in [0.717, 1.165) is 6.42 Å². The summed E-state index contributed by atoms with van der Waals surface area (Å²) in [6.45, 7) is 6.50. The molecule has 3 amide bonds. The summed E-state index contributed by atoms with van der Waals surface area (Å²) in [6, 6.07) is -0.258. The number of carbonyl (C=O) groups excluding carboxylic acids is 2. The number of nitrogens with two attached hydrogens (primary N) is 1. The number of urea groups is 1. The minimum atomic E-state index is -0.258. The van der Waals surface area contributed by atoms with Crippen molar-refractivity contribution in [2.24, 2.45) is 5.84 Å². The van der Waals surface area contributed by atoms with Crippen LogP contribution in [-0.2, 0) is 4.79 Å². The predicted octanol–water partition coefficient (Wildman–Crippen LogP) is -0.144. The Hall–Kier alpha value is -1.30. The van der Waals surface area contributed by atoms with Gasteiger partial charge in [0, 0.05) is 26.2 Å². The molecule has 1 aliphatic heterocycles. The Labute approximate surface area is 95.9 Å². The number of hydrogen-bond donors (Lipinski definition) is 1. The van der Waals surface area contributed by atoms with E-state index < -0.39 is 0 Å². The fraction of sp³-hybridized carbons (Fsp3) is 0.800. The molecule has 0 saturated carbocycles. The first-order valence-corrected chi connectivity index (χ1v) is 5.69. The first kappa shape index (κ1) is 12.8. The van der Waals surface area contributed by atoms with Crippen molar-refractivity contribution in [2.45, 2.75) is 20.3 Å². The lowest BCUT2D eigenvalue weighted by molar-refractivity contribution is -0.131. The Kier molecular flexibility index (Phi) is 4.54. The lowest BCUT2D eigenvalue weighted by Gasteiger charge is -2.33. The normalized spacial score (nSPS) is 16.6. The van der Waals surface area contributed by atoms with Gasteiger partial charge < -0.3 is 9.80 Å². The van der Waals surface area contributed by atoms with Gasteiger partial charge in [0.25, 0.3) is 0 Å². The van der Waals surface area contributed by atoms with Gasteiger partial charge in [0.05, 0.1) is 0 Å². The van der Waals surface area contributed by atoms with Gasteiger partial charge in [-0.2, -0.15) is 0 Å². The van der Waals surface area contributed by atoms with Crippen LogP contribution in [0.1, 0.15) is 20.3 Å². The quantitative estimate of drug-likeness (QED) is 0.537. The number of nitrogens with zero attached hydrogens (tertiary/aromatic N) is 3. The van der Waals surface area contributed by atoms with Crippen LogP contribution in [0.25, 0.3) is 0 Å². The van der Waals surface area contributed by atoms with Crippen LogP contribution < -0.4 is 5.84 Å². The zero-order valence-electron chi connectivity index (χ0n) is 9.98. The second-order valence-corrected chi connectivity index (χ2v) is 3.82. The molecule has 6 nitrogen and oxygen atoms in total. The number of carbonyl (C=O) groups is 2. The minimum absolute atomic E-state index is 0.0198. The third kappa shape index (κ3) is 2.85. The molecule has 0 aromatic carbocycles. The summed E-state index contributed by atoms with van der Waals surface area (Å²) < 4.78 is 0. The summed E-state index contributed by atoms with van der Waals surface area (Å²) >= 11 is 0. The maximum atomic E-state index is 11.8. The SMILES string of the molecule is CCN(CC)C(=O)CN1CCCN(N)C1=O. The Bertz CT molecular complexity index is 266. The van der Waals surface area contributed by atoms with E-state index in [1.807, 2.05) is 13.8 Å². The number of likely N-dealkylation sites (N-methyl/N-ethyl adjacent to an activating group) is 1. The Balaban J connectivity index is 2.52. The molecule has 0 unspecified atom stereocenters. The highest BCUT2D eigenvalue weighted by molar-refractivity contribution is 5.84. The van der Waals surface area contributed by atoms with E-state index in [-0.39, 0.29) is 18.5 Å². The van der Waals surface area contributed by atoms with Gasteiger partial charge in [-0.25, -0.2) is 10.6 Å². The van der Waals surface area contributed by atoms with E-state index in [0.29, 0.717) is 26.2 Å². The predicted molar refractivity (Wildman–Crippen MR) is 60.4 cm³/mol. The third-order valence-electron chi connectivity index (χ3n) is 2.79. The molecule has 1 fully saturated rings. The summed E-state index contributed by atoms with van der Waals surface area (Å²) in [5.74, 6) is 5.48. The molecule has 0 atom stereocenters. The van der Waals surface area contributed by atoms with Gasteiger partial charge in [-0.1, -0.05) is 0 Å². The summed E-state index contributed by atoms with van der Waals surface area (Å²) in [5.41, 5.74) is 0. The second kappa shape index (κ2) is 5.69. The molecule has 1 saturated heterocycles. The molecule has 1 rings (SSSR count). The molecular weight excluding hydrogens is 208 g/mol. The van der Waals surface area contributed by atoms with Crippen LogP contribution in [0.2, 0.25) is 0 Å². The summed E-state index contributed by atoms with van der Waals surface area (Å²) in [5, 5.41) is 1.17. The van der Waals surface area contributed by atoms with Crippen LogP contribution in [0.15, 0.2) is 0 Å². The van der Waals surface area contributed by atoms with Crippen LogP contribution in [0, 0.1) is 0 Å². The van der Waals surface area contributed by atoms with Crippen LogP contribution in [0.5, 0.6) is 0 Å². The first-order valence-electron chi connectivity index (χ1n) is 5.69. The van der Waals surface area contributed by atoms with Gasteiger partial charge >= 0.3 is 6.03 Å². The molecule has 6 heteroatoms. The van der Waals surface area contributed by atoms with Crippen molar-refractivity contribution in [3.63, 3.8) is 0 Å². The molecule has 1 aliphatic rings. The fourth-order valence-corrected chi connectivity index (χ4v) is 1.79. The van der Waals surface area contributed by atoms with Crippen molar-refractivity contribution in [1.29, 1.82) is 0 Å². The molecule has 92 valence electrons. The molecule has 0 radical (unpaired) electrons. The van der Waals surface area contributed by atoms with Crippen molar-refractivity contribution >= 4 is 11.9 Å². The Morgan fingerprint density at radius 2 is 2.00 bits per heavy atom. The maximum Gasteiger partial charge on any atom is 0.334 e. The molecule has 0 aliphatic carbocycles. The van der Waals surface area contributed by atoms with E-state index >= 15 is 0 Å². The highest BCUT2D eigenvalue weighted by Crippen LogP contribution is 2.05. The van der Waals surface area contributed by atoms with Crippen molar-refractivity contribution in [3.05, 3.63) is 0 Å². The van der Waals surface area contributed by atoms with E-state index in [2.05, 4.69) is 0 Å². The molecule has 0 aromatic rings. The van der Waals surface area contributed by atoms with Gasteiger partial charge in [0.15, 0.2) is 0 Å². The molecule has 0 bridgehead atoms. The van der Waals surface area contributed by atoms with Crippen LogP contribution in [0.4, 0.5) is 4.79 Å². The fourth-order valence-electron chi connectivity index (χ4n) is 1.79. The summed E-state index contributed by atoms with van der Waals surface area (Å²) in [6.07, 6.45) is 0.813. The van der Waals surface area contributed by atoms with Crippen molar-refractivity contribution in [3.8, 4) is 0 Å². The van der Waals surface area contributed by atoms with E-state index in [4.69, 9.17) is 5.84 Å². The van der Waals surface area contributed by atoms with E-state index in [9.17, 15) is 9.59 Å². The van der Waals surface area contributed by atoms with Gasteiger partial charge in [-0.3, -0.25) is 9.80 Å². The standard InChI is InChI=1S/C10H20N4O2/c1-3-12(4-2)9(15)8-13-6-5-7-14(11)10(13)16/h3-8,11H2,1-2H3. The average molecular weight is 228 g/mol. The maximum absolute atomic E-state index is 11.8. The van der Waals surface area contributed by atoms with E-state index in [1.54, 1.807) is 4.90 Å². The monoisotopic (exact) mass is 228 g/mol. The topological polar surface area (TPSA) is 69.9 Å². The van der Waals surface area contributed by atoms with Gasteiger partial charge in [-0.05, 0) is 20.3 Å². The molecular formula is C10H20N4O2. The number of rotatable bonds is 4. The highest BCUT2D eigenvalue weighted by atomic mass is 16.2. The molecule has 1 heterocycles. The van der Waals surface area contributed by atoms with Gasteiger partial charge in [0.1, 0.15) is 6.54 Å². The third-order valence-corrected chi connectivity index (χ3v) is 2.79. The minimum Gasteiger partial charge on any atom is -0.342 e. The van der Waals surface area contributed by atoms with E-state index in [1.165, 1.54) is 9.91 Å². The summed E-state index contributed by atoms with van der Waals surface area (Å²) in [4.78, 5) is 26.6. The molecule has 16 heavy (non-hydrogen) atoms. The van der Waals surface area contributed by atoms with Gasteiger partial charge in [-0.15, -0.1) is 0 Å². The zero-order chi connectivity index (χ0) is 12.1. The summed E-state index contributed by atoms with van der Waals surface area (Å²) in [7, 11) is 0. The molecule has 2 N–H and O–H groups in total. The molecule has 0 spiro atoms. The van der Waals surface area contributed by atoms with Crippen LogP contribution >= 0.6 is 0 Å². The number of hydrazine groups is 1. The second-order valence-electron chi connectivity index (χ2n) is 3.82. The molecule has 0 aromatic heterocycles. The van der Waals surface area contributed by atoms with Crippen molar-refractivity contribution < 1.29 is 9.59 Å². The zero-order valence-corrected chi connectivity index (χ0v) is 9.98. The van der Waals surface area contributed by atoms with Crippen molar-refractivity contribution in [2.75, 3.05) is 32.7 Å². The first-order chi connectivity index (χ1) is 7.60. The Morgan fingerprint density at radius 3 is 2.56 bits per heavy atom. The smallest absolute Gasteiger partial charge is 0.334 e. The largest absolute Gasteiger partial charge is 0.342 e. The van der Waals surface area contributed by atoms with Crippen LogP contribution in [0.3, 0.4) is 0 Å². The number of hydrogen-bond acceptors (Lipinski definition) is 3. The highest BCUT2D eigenvalue weighted by Gasteiger charge is 2.26. The number of amides is 3. The van der Waals surface area contributed by atoms with Crippen molar-refractivity contribution in [1.82, 2.24) is 14.8 Å². The van der Waals surface area contributed by atoms with Crippen LogP contribution in [-0.4, -0.2) is 59.5 Å².